The summed E-state index contributed by atoms with van der Waals surface area (Å²) in [6.45, 7) is 12.3. The molecule has 1 saturated carbocycles. The molecular weight excluding hydrogens is 496 g/mol. The molecule has 0 spiro atoms. The van der Waals surface area contributed by atoms with E-state index in [0.29, 0.717) is 54.9 Å². The topological polar surface area (TPSA) is 144 Å². The number of allylic oxidation sites excluding steroid dienone is 3. The number of hydrogen-bond acceptors (Lipinski definition) is 8. The van der Waals surface area contributed by atoms with Crippen LogP contribution in [-0.4, -0.2) is 94.8 Å². The van der Waals surface area contributed by atoms with E-state index in [1.165, 1.54) is 6.20 Å². The second-order valence-corrected chi connectivity index (χ2v) is 10.1. The fraction of sp³-hybridized carbons (Fsp3) is 0.464. The van der Waals surface area contributed by atoms with E-state index in [9.17, 15) is 14.7 Å². The van der Waals surface area contributed by atoms with Crippen molar-refractivity contribution in [1.82, 2.24) is 24.9 Å². The molecule has 39 heavy (non-hydrogen) atoms. The van der Waals surface area contributed by atoms with Crippen LogP contribution in [0, 0.1) is 0 Å². The standard InChI is InChI=1S/C28H42N8O3/c1-6-22(35-15-13-34(14-16-35)19(2)28(38)39)11-12-25(30)31-20(3)32-26-21(18-29)17-24(27(37)33(4)5)36(26)23-9-7-8-10-23/h6,11-12,17-19,23,31H,1,3,7-10,13-16,29-30H2,2,4-5H3,(H,38,39)/b21-18-,22-11+,25-12+,32-26+. The molecule has 3 aliphatic rings. The minimum absolute atomic E-state index is 0.107. The van der Waals surface area contributed by atoms with Crippen molar-refractivity contribution in [2.24, 2.45) is 16.5 Å². The maximum absolute atomic E-state index is 13.0. The van der Waals surface area contributed by atoms with Gasteiger partial charge in [0.1, 0.15) is 29.2 Å². The number of nitrogens with zero attached hydrogens (tertiary/aromatic N) is 5. The Morgan fingerprint density at radius 1 is 1.21 bits per heavy atom. The number of rotatable bonds is 10. The molecule has 2 fully saturated rings. The highest BCUT2D eigenvalue weighted by atomic mass is 16.4. The molecule has 11 nitrogen and oxygen atoms in total. The van der Waals surface area contributed by atoms with E-state index in [1.807, 2.05) is 15.9 Å². The van der Waals surface area contributed by atoms with E-state index in [2.05, 4.69) is 23.4 Å². The number of carbonyl (C=O) groups excluding carboxylic acids is 1. The van der Waals surface area contributed by atoms with Gasteiger partial charge in [0.15, 0.2) is 0 Å². The van der Waals surface area contributed by atoms with Crippen molar-refractivity contribution in [3.63, 3.8) is 0 Å². The van der Waals surface area contributed by atoms with Crippen molar-refractivity contribution < 1.29 is 14.7 Å². The zero-order valence-corrected chi connectivity index (χ0v) is 23.3. The molecule has 0 bridgehead atoms. The number of carboxylic acids is 1. The lowest BCUT2D eigenvalue weighted by Crippen LogP contribution is -2.51. The molecule has 0 aromatic carbocycles. The van der Waals surface area contributed by atoms with Crippen molar-refractivity contribution in [3.05, 3.63) is 72.3 Å². The molecular formula is C28H42N8O3. The second-order valence-electron chi connectivity index (χ2n) is 10.1. The lowest BCUT2D eigenvalue weighted by molar-refractivity contribution is -0.143. The van der Waals surface area contributed by atoms with Gasteiger partial charge in [0.25, 0.3) is 5.91 Å². The summed E-state index contributed by atoms with van der Waals surface area (Å²) in [6, 6.07) is -0.351. The third-order valence-electron chi connectivity index (χ3n) is 7.29. The third-order valence-corrected chi connectivity index (χ3v) is 7.29. The maximum atomic E-state index is 13.0. The highest BCUT2D eigenvalue weighted by Gasteiger charge is 2.37. The zero-order valence-electron chi connectivity index (χ0n) is 23.3. The van der Waals surface area contributed by atoms with Gasteiger partial charge in [-0.25, -0.2) is 4.99 Å². The molecule has 1 amide bonds. The largest absolute Gasteiger partial charge is 0.480 e. The van der Waals surface area contributed by atoms with Gasteiger partial charge in [0.2, 0.25) is 0 Å². The van der Waals surface area contributed by atoms with Crippen LogP contribution in [-0.2, 0) is 9.59 Å². The van der Waals surface area contributed by atoms with Crippen LogP contribution in [0.1, 0.15) is 32.6 Å². The average molecular weight is 539 g/mol. The summed E-state index contributed by atoms with van der Waals surface area (Å²) in [5.74, 6) is 0.310. The first-order valence-electron chi connectivity index (χ1n) is 13.3. The van der Waals surface area contributed by atoms with E-state index in [0.717, 1.165) is 31.4 Å². The summed E-state index contributed by atoms with van der Waals surface area (Å²) >= 11 is 0. The molecule has 1 atom stereocenters. The molecule has 2 heterocycles. The normalized spacial score (nSPS) is 22.3. The summed E-state index contributed by atoms with van der Waals surface area (Å²) in [7, 11) is 3.45. The van der Waals surface area contributed by atoms with Crippen LogP contribution in [0.25, 0.3) is 0 Å². The molecule has 0 aromatic rings. The number of amides is 1. The molecule has 11 heteroatoms. The predicted octanol–water partition coefficient (Wildman–Crippen LogP) is 1.48. The number of aliphatic imine (C=N–C) groups is 1. The number of piperazine rings is 1. The Hall–Kier alpha value is -3.99. The monoisotopic (exact) mass is 538 g/mol. The van der Waals surface area contributed by atoms with E-state index >= 15 is 0 Å². The number of nitrogens with two attached hydrogens (primary N) is 2. The van der Waals surface area contributed by atoms with Gasteiger partial charge in [0, 0.05) is 63.8 Å². The Kier molecular flexibility index (Phi) is 10.00. The fourth-order valence-corrected chi connectivity index (χ4v) is 5.07. The lowest BCUT2D eigenvalue weighted by Gasteiger charge is -2.38. The molecule has 2 aliphatic heterocycles. The number of nitrogens with one attached hydrogen (secondary N) is 1. The van der Waals surface area contributed by atoms with Crippen molar-refractivity contribution in [3.8, 4) is 0 Å². The van der Waals surface area contributed by atoms with Gasteiger partial charge < -0.3 is 36.6 Å². The minimum atomic E-state index is -0.817. The summed E-state index contributed by atoms with van der Waals surface area (Å²) in [5.41, 5.74) is 14.3. The zero-order chi connectivity index (χ0) is 28.7. The number of hydrogen-bond donors (Lipinski definition) is 4. The molecule has 1 aliphatic carbocycles. The highest BCUT2D eigenvalue weighted by molar-refractivity contribution is 6.12. The van der Waals surface area contributed by atoms with E-state index in [4.69, 9.17) is 16.5 Å². The van der Waals surface area contributed by atoms with Crippen LogP contribution in [0.3, 0.4) is 0 Å². The molecule has 6 N–H and O–H groups in total. The summed E-state index contributed by atoms with van der Waals surface area (Å²) in [6.07, 6.45) is 12.7. The quantitative estimate of drug-likeness (QED) is 0.304. The van der Waals surface area contributed by atoms with Gasteiger partial charge >= 0.3 is 5.97 Å². The molecule has 1 saturated heterocycles. The molecule has 0 radical (unpaired) electrons. The van der Waals surface area contributed by atoms with Crippen molar-refractivity contribution in [2.45, 2.75) is 44.7 Å². The van der Waals surface area contributed by atoms with E-state index < -0.39 is 12.0 Å². The SMILES string of the molecule is C=C/C(=C\C=C(/N)NC(=C)/N=C1\C(=C/N)C=C(C(=O)N(C)C)N1C1CCCC1)N1CCN(C(C)C(=O)O)CC1. The Bertz CT molecular complexity index is 1120. The number of amidine groups is 1. The smallest absolute Gasteiger partial charge is 0.320 e. The van der Waals surface area contributed by atoms with Crippen LogP contribution in [0.2, 0.25) is 0 Å². The van der Waals surface area contributed by atoms with Crippen LogP contribution < -0.4 is 16.8 Å². The summed E-state index contributed by atoms with van der Waals surface area (Å²) < 4.78 is 0. The van der Waals surface area contributed by atoms with Gasteiger partial charge in [-0.2, -0.15) is 0 Å². The van der Waals surface area contributed by atoms with Gasteiger partial charge in [-0.1, -0.05) is 26.0 Å². The molecule has 1 unspecified atom stereocenters. The van der Waals surface area contributed by atoms with Gasteiger partial charge in [-0.3, -0.25) is 14.5 Å². The van der Waals surface area contributed by atoms with E-state index in [-0.39, 0.29) is 11.9 Å². The Morgan fingerprint density at radius 3 is 2.38 bits per heavy atom. The molecule has 0 aromatic heterocycles. The van der Waals surface area contributed by atoms with Crippen LogP contribution in [0.15, 0.2) is 77.3 Å². The predicted molar refractivity (Wildman–Crippen MR) is 154 cm³/mol. The Balaban J connectivity index is 1.72. The number of carboxylic acid groups (broad SMARTS) is 1. The number of aliphatic carboxylic acids is 1. The number of likely N-dealkylation sites (N-methyl/N-ethyl adjacent to an activating group) is 1. The minimum Gasteiger partial charge on any atom is -0.480 e. The average Bonchev–Trinajstić information content (AvgIpc) is 3.56. The molecule has 212 valence electrons. The fourth-order valence-electron chi connectivity index (χ4n) is 5.07. The maximum Gasteiger partial charge on any atom is 0.320 e. The van der Waals surface area contributed by atoms with Crippen molar-refractivity contribution in [1.29, 1.82) is 0 Å². The second kappa shape index (κ2) is 13.2. The van der Waals surface area contributed by atoms with Crippen molar-refractivity contribution >= 4 is 17.7 Å². The van der Waals surface area contributed by atoms with Gasteiger partial charge in [0.05, 0.1) is 0 Å². The van der Waals surface area contributed by atoms with E-state index in [1.54, 1.807) is 44.1 Å². The lowest BCUT2D eigenvalue weighted by atomic mass is 10.2. The summed E-state index contributed by atoms with van der Waals surface area (Å²) in [5, 5.41) is 12.3. The van der Waals surface area contributed by atoms with Crippen LogP contribution in [0.5, 0.6) is 0 Å². The van der Waals surface area contributed by atoms with Crippen molar-refractivity contribution in [2.75, 3.05) is 40.3 Å². The first-order valence-corrected chi connectivity index (χ1v) is 13.3. The van der Waals surface area contributed by atoms with Crippen LogP contribution >= 0.6 is 0 Å². The first-order chi connectivity index (χ1) is 18.6. The summed E-state index contributed by atoms with van der Waals surface area (Å²) in [4.78, 5) is 36.6. The Morgan fingerprint density at radius 2 is 1.85 bits per heavy atom. The van der Waals surface area contributed by atoms with Gasteiger partial charge in [-0.15, -0.1) is 0 Å². The highest BCUT2D eigenvalue weighted by Crippen LogP contribution is 2.33. The van der Waals surface area contributed by atoms with Gasteiger partial charge in [-0.05, 0) is 44.1 Å². The third kappa shape index (κ3) is 7.11. The molecule has 3 rings (SSSR count). The Labute approximate surface area is 231 Å². The first kappa shape index (κ1) is 29.6. The number of carbonyl (C=O) groups is 2. The van der Waals surface area contributed by atoms with Crippen LogP contribution in [0.4, 0.5) is 0 Å².